The molecule has 0 aromatic carbocycles. The summed E-state index contributed by atoms with van der Waals surface area (Å²) in [6.07, 6.45) is 0. The lowest BCUT2D eigenvalue weighted by molar-refractivity contribution is 0.0952. The minimum Gasteiger partial charge on any atom is -0.336 e. The summed E-state index contributed by atoms with van der Waals surface area (Å²) in [6.45, 7) is 3.57. The van der Waals surface area contributed by atoms with Crippen LogP contribution in [0.15, 0.2) is 9.85 Å². The van der Waals surface area contributed by atoms with E-state index >= 15 is 0 Å². The van der Waals surface area contributed by atoms with Crippen molar-refractivity contribution in [2.24, 2.45) is 0 Å². The third-order valence-corrected chi connectivity index (χ3v) is 3.76. The number of nitriles is 1. The molecule has 0 radical (unpaired) electrons. The average molecular weight is 273 g/mol. The topological polar surface area (TPSA) is 52.9 Å². The maximum Gasteiger partial charge on any atom is 0.262 e. The SMILES string of the molecule is Cc1cc(C(=O)NC(C)C#N)sc1Br. The van der Waals surface area contributed by atoms with Crippen molar-refractivity contribution in [3.63, 3.8) is 0 Å². The minimum absolute atomic E-state index is 0.196. The van der Waals surface area contributed by atoms with Crippen LogP contribution in [0, 0.1) is 18.3 Å². The van der Waals surface area contributed by atoms with Gasteiger partial charge in [-0.15, -0.1) is 11.3 Å². The van der Waals surface area contributed by atoms with Crippen LogP contribution >= 0.6 is 27.3 Å². The summed E-state index contributed by atoms with van der Waals surface area (Å²) in [6, 6.07) is 3.29. The van der Waals surface area contributed by atoms with Crippen LogP contribution in [0.3, 0.4) is 0 Å². The van der Waals surface area contributed by atoms with Crippen LogP contribution in [0.5, 0.6) is 0 Å². The van der Waals surface area contributed by atoms with Crippen molar-refractivity contribution in [2.45, 2.75) is 19.9 Å². The zero-order valence-electron chi connectivity index (χ0n) is 7.80. The van der Waals surface area contributed by atoms with Crippen molar-refractivity contribution in [1.82, 2.24) is 5.32 Å². The number of thiophene rings is 1. The minimum atomic E-state index is -0.455. The molecular formula is C9H9BrN2OS. The van der Waals surface area contributed by atoms with Gasteiger partial charge >= 0.3 is 0 Å². The van der Waals surface area contributed by atoms with E-state index in [2.05, 4.69) is 21.2 Å². The summed E-state index contributed by atoms with van der Waals surface area (Å²) in [4.78, 5) is 12.1. The number of carbonyl (C=O) groups is 1. The van der Waals surface area contributed by atoms with Crippen LogP contribution in [-0.4, -0.2) is 11.9 Å². The van der Waals surface area contributed by atoms with E-state index in [0.717, 1.165) is 9.35 Å². The van der Waals surface area contributed by atoms with Crippen LogP contribution in [0.4, 0.5) is 0 Å². The zero-order valence-corrected chi connectivity index (χ0v) is 10.2. The molecule has 0 saturated heterocycles. The van der Waals surface area contributed by atoms with Gasteiger partial charge in [0.2, 0.25) is 0 Å². The molecule has 74 valence electrons. The largest absolute Gasteiger partial charge is 0.336 e. The smallest absolute Gasteiger partial charge is 0.262 e. The van der Waals surface area contributed by atoms with Crippen molar-refractivity contribution in [3.8, 4) is 6.07 Å². The number of hydrogen-bond acceptors (Lipinski definition) is 3. The fraction of sp³-hybridized carbons (Fsp3) is 0.333. The first kappa shape index (κ1) is 11.2. The van der Waals surface area contributed by atoms with E-state index in [1.54, 1.807) is 13.0 Å². The van der Waals surface area contributed by atoms with E-state index in [-0.39, 0.29) is 5.91 Å². The summed E-state index contributed by atoms with van der Waals surface area (Å²) in [5.74, 6) is -0.196. The van der Waals surface area contributed by atoms with Gasteiger partial charge in [-0.1, -0.05) is 0 Å². The number of amides is 1. The second kappa shape index (κ2) is 4.58. The Bertz CT molecular complexity index is 375. The van der Waals surface area contributed by atoms with Gasteiger partial charge < -0.3 is 5.32 Å². The van der Waals surface area contributed by atoms with E-state index in [1.165, 1.54) is 11.3 Å². The van der Waals surface area contributed by atoms with Crippen molar-refractivity contribution in [2.75, 3.05) is 0 Å². The molecule has 0 spiro atoms. The quantitative estimate of drug-likeness (QED) is 0.899. The fourth-order valence-corrected chi connectivity index (χ4v) is 2.31. The average Bonchev–Trinajstić information content (AvgIpc) is 2.47. The highest BCUT2D eigenvalue weighted by molar-refractivity contribution is 9.11. The summed E-state index contributed by atoms with van der Waals surface area (Å²) in [5.41, 5.74) is 1.03. The van der Waals surface area contributed by atoms with Gasteiger partial charge in [0.05, 0.1) is 14.7 Å². The van der Waals surface area contributed by atoms with Gasteiger partial charge in [-0.05, 0) is 41.4 Å². The van der Waals surface area contributed by atoms with E-state index < -0.39 is 6.04 Å². The lowest BCUT2D eigenvalue weighted by atomic mass is 10.3. The van der Waals surface area contributed by atoms with Gasteiger partial charge in [-0.25, -0.2) is 0 Å². The summed E-state index contributed by atoms with van der Waals surface area (Å²) in [5, 5.41) is 11.1. The first-order valence-corrected chi connectivity index (χ1v) is 5.62. The molecule has 0 saturated carbocycles. The number of aryl methyl sites for hydroxylation is 1. The molecule has 1 amide bonds. The summed E-state index contributed by atoms with van der Waals surface area (Å²) >= 11 is 4.71. The van der Waals surface area contributed by atoms with Crippen LogP contribution < -0.4 is 5.32 Å². The number of nitrogens with one attached hydrogen (secondary N) is 1. The van der Waals surface area contributed by atoms with Crippen molar-refractivity contribution in [1.29, 1.82) is 5.26 Å². The number of carbonyl (C=O) groups excluding carboxylic acids is 1. The normalized spacial score (nSPS) is 11.9. The lowest BCUT2D eigenvalue weighted by Gasteiger charge is -2.03. The molecule has 1 N–H and O–H groups in total. The number of rotatable bonds is 2. The first-order valence-electron chi connectivity index (χ1n) is 4.01. The molecule has 0 aliphatic carbocycles. The van der Waals surface area contributed by atoms with E-state index in [4.69, 9.17) is 5.26 Å². The number of hydrogen-bond donors (Lipinski definition) is 1. The molecule has 0 bridgehead atoms. The third kappa shape index (κ3) is 2.56. The molecule has 1 atom stereocenters. The highest BCUT2D eigenvalue weighted by Gasteiger charge is 2.12. The molecule has 0 fully saturated rings. The standard InChI is InChI=1S/C9H9BrN2OS/c1-5-3-7(14-8(5)10)9(13)12-6(2)4-11/h3,6H,1-2H3,(H,12,13). The second-order valence-corrected chi connectivity index (χ2v) is 5.26. The van der Waals surface area contributed by atoms with Crippen LogP contribution in [0.2, 0.25) is 0 Å². The van der Waals surface area contributed by atoms with Crippen LogP contribution in [0.25, 0.3) is 0 Å². The number of halogens is 1. The van der Waals surface area contributed by atoms with Gasteiger partial charge in [-0.2, -0.15) is 5.26 Å². The first-order chi connectivity index (χ1) is 6.54. The van der Waals surface area contributed by atoms with Crippen LogP contribution in [-0.2, 0) is 0 Å². The van der Waals surface area contributed by atoms with Crippen molar-refractivity contribution in [3.05, 3.63) is 20.3 Å². The highest BCUT2D eigenvalue weighted by Crippen LogP contribution is 2.27. The fourth-order valence-electron chi connectivity index (χ4n) is 0.872. The van der Waals surface area contributed by atoms with Crippen molar-refractivity contribution >= 4 is 33.2 Å². The Morgan fingerprint density at radius 3 is 2.86 bits per heavy atom. The van der Waals surface area contributed by atoms with E-state index in [9.17, 15) is 4.79 Å². The Hall–Kier alpha value is -0.860. The predicted octanol–water partition coefficient (Wildman–Crippen LogP) is 2.46. The van der Waals surface area contributed by atoms with Gasteiger partial charge in [0.15, 0.2) is 0 Å². The molecule has 0 aliphatic rings. The molecule has 1 heterocycles. The maximum absolute atomic E-state index is 11.5. The van der Waals surface area contributed by atoms with Gasteiger partial charge in [0.25, 0.3) is 5.91 Å². The monoisotopic (exact) mass is 272 g/mol. The van der Waals surface area contributed by atoms with E-state index in [0.29, 0.717) is 4.88 Å². The molecule has 0 aliphatic heterocycles. The molecule has 1 rings (SSSR count). The van der Waals surface area contributed by atoms with Crippen LogP contribution in [0.1, 0.15) is 22.2 Å². The zero-order chi connectivity index (χ0) is 10.7. The van der Waals surface area contributed by atoms with E-state index in [1.807, 2.05) is 13.0 Å². The summed E-state index contributed by atoms with van der Waals surface area (Å²) < 4.78 is 0.951. The molecule has 3 nitrogen and oxygen atoms in total. The molecule has 1 aromatic rings. The number of nitrogens with zero attached hydrogens (tertiary/aromatic N) is 1. The molecule has 1 unspecified atom stereocenters. The van der Waals surface area contributed by atoms with Gasteiger partial charge in [-0.3, -0.25) is 4.79 Å². The molecule has 1 aromatic heterocycles. The summed E-state index contributed by atoms with van der Waals surface area (Å²) in [7, 11) is 0. The Balaban J connectivity index is 2.76. The Morgan fingerprint density at radius 1 is 1.79 bits per heavy atom. The Labute approximate surface area is 94.9 Å². The Morgan fingerprint density at radius 2 is 2.43 bits per heavy atom. The molecule has 5 heteroatoms. The highest BCUT2D eigenvalue weighted by atomic mass is 79.9. The Kier molecular flexibility index (Phi) is 3.67. The lowest BCUT2D eigenvalue weighted by Crippen LogP contribution is -2.30. The maximum atomic E-state index is 11.5. The van der Waals surface area contributed by atoms with Gasteiger partial charge in [0, 0.05) is 0 Å². The predicted molar refractivity (Wildman–Crippen MR) is 59.3 cm³/mol. The van der Waals surface area contributed by atoms with Crippen molar-refractivity contribution < 1.29 is 4.79 Å². The molecular weight excluding hydrogens is 264 g/mol. The molecule has 14 heavy (non-hydrogen) atoms. The third-order valence-electron chi connectivity index (χ3n) is 1.62. The second-order valence-electron chi connectivity index (χ2n) is 2.89. The van der Waals surface area contributed by atoms with Gasteiger partial charge in [0.1, 0.15) is 6.04 Å².